The maximum Gasteiger partial charge on any atom is 0.191 e. The largest absolute Gasteiger partial charge is 0.377 e. The van der Waals surface area contributed by atoms with Crippen molar-refractivity contribution in [2.75, 3.05) is 33.3 Å². The number of hydrogen-bond donors (Lipinski definition) is 2. The molecule has 0 saturated carbocycles. The van der Waals surface area contributed by atoms with Crippen LogP contribution in [-0.4, -0.2) is 61.8 Å². The Balaban J connectivity index is 4.28. The molecule has 0 aliphatic heterocycles. The lowest BCUT2D eigenvalue weighted by Crippen LogP contribution is -2.42. The van der Waals surface area contributed by atoms with Crippen LogP contribution in [0.4, 0.5) is 0 Å². The predicted octanol–water partition coefficient (Wildman–Crippen LogP) is 2.48. The third-order valence-corrected chi connectivity index (χ3v) is 3.73. The number of hydrogen-bond acceptors (Lipinski definition) is 3. The lowest BCUT2D eigenvalue weighted by Gasteiger charge is -2.30. The van der Waals surface area contributed by atoms with Crippen molar-refractivity contribution in [3.8, 4) is 0 Å². The van der Waals surface area contributed by atoms with Crippen molar-refractivity contribution in [3.05, 3.63) is 0 Å². The zero-order valence-corrected chi connectivity index (χ0v) is 16.0. The van der Waals surface area contributed by atoms with Gasteiger partial charge in [0.2, 0.25) is 0 Å². The highest BCUT2D eigenvalue weighted by Gasteiger charge is 2.16. The summed E-state index contributed by atoms with van der Waals surface area (Å²) in [5.74, 6) is 0.869. The Hall–Kier alpha value is -0.810. The smallest absolute Gasteiger partial charge is 0.191 e. The highest BCUT2D eigenvalue weighted by molar-refractivity contribution is 5.79. The van der Waals surface area contributed by atoms with E-state index >= 15 is 0 Å². The van der Waals surface area contributed by atoms with E-state index in [-0.39, 0.29) is 5.60 Å². The van der Waals surface area contributed by atoms with E-state index < -0.39 is 0 Å². The van der Waals surface area contributed by atoms with Crippen LogP contribution in [0.1, 0.15) is 54.9 Å². The molecule has 0 aromatic heterocycles. The molecule has 0 unspecified atom stereocenters. The summed E-state index contributed by atoms with van der Waals surface area (Å²) in [6.45, 7) is 18.7. The van der Waals surface area contributed by atoms with Gasteiger partial charge in [0.1, 0.15) is 0 Å². The van der Waals surface area contributed by atoms with Crippen LogP contribution in [0.5, 0.6) is 0 Å². The first-order chi connectivity index (χ1) is 10.2. The van der Waals surface area contributed by atoms with E-state index in [9.17, 15) is 0 Å². The topological polar surface area (TPSA) is 48.9 Å². The summed E-state index contributed by atoms with van der Waals surface area (Å²) in [5.41, 5.74) is -0.228. The van der Waals surface area contributed by atoms with Crippen LogP contribution in [0.3, 0.4) is 0 Å². The molecule has 0 heterocycles. The Labute approximate surface area is 137 Å². The molecule has 5 nitrogen and oxygen atoms in total. The van der Waals surface area contributed by atoms with E-state index in [1.54, 1.807) is 7.11 Å². The summed E-state index contributed by atoms with van der Waals surface area (Å²) < 4.78 is 5.41. The van der Waals surface area contributed by atoms with Crippen LogP contribution in [-0.2, 0) is 4.74 Å². The summed E-state index contributed by atoms with van der Waals surface area (Å²) in [6, 6.07) is 1.17. The Kier molecular flexibility index (Phi) is 10.4. The van der Waals surface area contributed by atoms with Crippen molar-refractivity contribution in [1.29, 1.82) is 0 Å². The zero-order chi connectivity index (χ0) is 17.2. The van der Waals surface area contributed by atoms with Crippen molar-refractivity contribution in [3.63, 3.8) is 0 Å². The standard InChI is InChI=1S/C17H38N4O/c1-9-18-16(20-13-17(6,7)22-8)19-11-10-12-21(14(2)3)15(4)5/h14-15H,9-13H2,1-8H3,(H2,18,19,20). The normalized spacial score (nSPS) is 13.3. The molecule has 0 radical (unpaired) electrons. The Morgan fingerprint density at radius 1 is 1.14 bits per heavy atom. The molecule has 0 bridgehead atoms. The fraction of sp³-hybridized carbons (Fsp3) is 0.941. The maximum atomic E-state index is 5.41. The quantitative estimate of drug-likeness (QED) is 0.369. The van der Waals surface area contributed by atoms with Gasteiger partial charge in [0.25, 0.3) is 0 Å². The number of rotatable bonds is 10. The highest BCUT2D eigenvalue weighted by atomic mass is 16.5. The molecule has 132 valence electrons. The van der Waals surface area contributed by atoms with Crippen LogP contribution < -0.4 is 10.6 Å². The summed E-state index contributed by atoms with van der Waals surface area (Å²) in [5, 5.41) is 6.69. The zero-order valence-electron chi connectivity index (χ0n) is 16.0. The van der Waals surface area contributed by atoms with Gasteiger partial charge in [-0.05, 0) is 54.9 Å². The van der Waals surface area contributed by atoms with Crippen molar-refractivity contribution in [2.24, 2.45) is 4.99 Å². The van der Waals surface area contributed by atoms with Crippen molar-refractivity contribution < 1.29 is 4.74 Å². The molecule has 0 aliphatic rings. The van der Waals surface area contributed by atoms with Gasteiger partial charge in [0.15, 0.2) is 5.96 Å². The summed E-state index contributed by atoms with van der Waals surface area (Å²) in [6.07, 6.45) is 1.11. The molecule has 0 aromatic carbocycles. The van der Waals surface area contributed by atoms with Crippen molar-refractivity contribution in [1.82, 2.24) is 15.5 Å². The summed E-state index contributed by atoms with van der Waals surface area (Å²) in [7, 11) is 1.72. The summed E-state index contributed by atoms with van der Waals surface area (Å²) >= 11 is 0. The first kappa shape index (κ1) is 21.2. The van der Waals surface area contributed by atoms with E-state index in [4.69, 9.17) is 4.74 Å². The van der Waals surface area contributed by atoms with Crippen LogP contribution in [0.2, 0.25) is 0 Å². The second kappa shape index (κ2) is 10.8. The molecule has 2 N–H and O–H groups in total. The van der Waals surface area contributed by atoms with Gasteiger partial charge in [0.05, 0.1) is 12.1 Å². The Morgan fingerprint density at radius 2 is 1.73 bits per heavy atom. The van der Waals surface area contributed by atoms with Gasteiger partial charge in [-0.25, -0.2) is 0 Å². The van der Waals surface area contributed by atoms with Gasteiger partial charge in [-0.1, -0.05) is 0 Å². The molecular weight excluding hydrogens is 276 g/mol. The lowest BCUT2D eigenvalue weighted by atomic mass is 10.1. The van der Waals surface area contributed by atoms with Gasteiger partial charge in [-0.3, -0.25) is 9.89 Å². The maximum absolute atomic E-state index is 5.41. The average molecular weight is 315 g/mol. The van der Waals surface area contributed by atoms with E-state index in [1.165, 1.54) is 0 Å². The van der Waals surface area contributed by atoms with Gasteiger partial charge in [-0.2, -0.15) is 0 Å². The SMILES string of the molecule is CCNC(=NCC(C)(C)OC)NCCCN(C(C)C)C(C)C. The first-order valence-corrected chi connectivity index (χ1v) is 8.56. The molecule has 0 spiro atoms. The lowest BCUT2D eigenvalue weighted by molar-refractivity contribution is 0.0310. The second-order valence-corrected chi connectivity index (χ2v) is 6.86. The average Bonchev–Trinajstić information content (AvgIpc) is 2.43. The summed E-state index contributed by atoms with van der Waals surface area (Å²) in [4.78, 5) is 7.11. The monoisotopic (exact) mass is 314 g/mol. The third kappa shape index (κ3) is 9.26. The number of ether oxygens (including phenoxy) is 1. The van der Waals surface area contributed by atoms with Gasteiger partial charge < -0.3 is 15.4 Å². The fourth-order valence-corrected chi connectivity index (χ4v) is 2.26. The van der Waals surface area contributed by atoms with Crippen molar-refractivity contribution in [2.45, 2.75) is 72.6 Å². The van der Waals surface area contributed by atoms with Gasteiger partial charge >= 0.3 is 0 Å². The molecule has 0 aliphatic carbocycles. The molecule has 0 saturated heterocycles. The van der Waals surface area contributed by atoms with Crippen molar-refractivity contribution >= 4 is 5.96 Å². The first-order valence-electron chi connectivity index (χ1n) is 8.56. The van der Waals surface area contributed by atoms with E-state index in [0.29, 0.717) is 18.6 Å². The predicted molar refractivity (Wildman–Crippen MR) is 96.7 cm³/mol. The number of methoxy groups -OCH3 is 1. The third-order valence-electron chi connectivity index (χ3n) is 3.73. The molecule has 0 atom stereocenters. The number of nitrogens with one attached hydrogen (secondary N) is 2. The van der Waals surface area contributed by atoms with Gasteiger partial charge in [0, 0.05) is 38.8 Å². The number of guanidine groups is 1. The Morgan fingerprint density at radius 3 is 2.18 bits per heavy atom. The van der Waals surface area contributed by atoms with E-state index in [0.717, 1.165) is 32.0 Å². The van der Waals surface area contributed by atoms with E-state index in [1.807, 2.05) is 13.8 Å². The highest BCUT2D eigenvalue weighted by Crippen LogP contribution is 2.07. The second-order valence-electron chi connectivity index (χ2n) is 6.86. The van der Waals surface area contributed by atoms with E-state index in [2.05, 4.69) is 55.1 Å². The molecule has 5 heteroatoms. The molecule has 0 aromatic rings. The molecule has 22 heavy (non-hydrogen) atoms. The van der Waals surface area contributed by atoms with Crippen LogP contribution >= 0.6 is 0 Å². The van der Waals surface area contributed by atoms with Gasteiger partial charge in [-0.15, -0.1) is 0 Å². The molecule has 0 fully saturated rings. The molecule has 0 amide bonds. The molecular formula is C17H38N4O. The number of nitrogens with zero attached hydrogens (tertiary/aromatic N) is 2. The fourth-order valence-electron chi connectivity index (χ4n) is 2.26. The minimum Gasteiger partial charge on any atom is -0.377 e. The van der Waals surface area contributed by atoms with Crippen LogP contribution in [0.15, 0.2) is 4.99 Å². The molecule has 0 rings (SSSR count). The minimum absolute atomic E-state index is 0.228. The Bertz CT molecular complexity index is 306. The van der Waals surface area contributed by atoms with Crippen LogP contribution in [0.25, 0.3) is 0 Å². The minimum atomic E-state index is -0.228. The number of aliphatic imine (C=N–C) groups is 1. The van der Waals surface area contributed by atoms with Crippen LogP contribution in [0, 0.1) is 0 Å².